The predicted molar refractivity (Wildman–Crippen MR) is 57.0 cm³/mol. The number of carbonyl (C=O) groups excluding carboxylic acids is 1. The molecule has 0 aromatic rings. The van der Waals surface area contributed by atoms with Crippen LogP contribution in [0.2, 0.25) is 0 Å². The van der Waals surface area contributed by atoms with E-state index in [1.807, 2.05) is 6.08 Å². The standard InChI is InChI=1S/C11H18N2O/c1-2-13-8-5-11(6-9-13)4-3-7-12-10-14/h3-4,11H,2,5-9H2,1H3/b4-3-. The van der Waals surface area contributed by atoms with Gasteiger partial charge in [-0.3, -0.25) is 0 Å². The minimum Gasteiger partial charge on any atom is -0.304 e. The van der Waals surface area contributed by atoms with Crippen LogP contribution in [0.15, 0.2) is 17.1 Å². The Bertz CT molecular complexity index is 223. The molecule has 1 rings (SSSR count). The molecule has 0 aliphatic carbocycles. The monoisotopic (exact) mass is 194 g/mol. The number of nitrogens with zero attached hydrogens (tertiary/aromatic N) is 2. The first kappa shape index (κ1) is 11.2. The third-order valence-electron chi connectivity index (χ3n) is 2.75. The topological polar surface area (TPSA) is 32.7 Å². The van der Waals surface area contributed by atoms with E-state index in [1.54, 1.807) is 0 Å². The summed E-state index contributed by atoms with van der Waals surface area (Å²) in [6.45, 7) is 6.24. The molecule has 0 radical (unpaired) electrons. The van der Waals surface area contributed by atoms with E-state index in [2.05, 4.69) is 22.9 Å². The molecule has 0 N–H and O–H groups in total. The quantitative estimate of drug-likeness (QED) is 0.387. The number of hydrogen-bond donors (Lipinski definition) is 0. The van der Waals surface area contributed by atoms with Crippen molar-refractivity contribution in [2.24, 2.45) is 10.9 Å². The highest BCUT2D eigenvalue weighted by Crippen LogP contribution is 2.17. The largest absolute Gasteiger partial charge is 0.304 e. The molecule has 1 saturated heterocycles. The highest BCUT2D eigenvalue weighted by atomic mass is 16.1. The Morgan fingerprint density at radius 2 is 2.21 bits per heavy atom. The maximum absolute atomic E-state index is 9.81. The van der Waals surface area contributed by atoms with Crippen LogP contribution < -0.4 is 0 Å². The Kier molecular flexibility index (Phi) is 5.20. The Labute approximate surface area is 85.5 Å². The number of likely N-dealkylation sites (tertiary alicyclic amines) is 1. The molecule has 1 fully saturated rings. The van der Waals surface area contributed by atoms with Crippen LogP contribution in [0.4, 0.5) is 0 Å². The van der Waals surface area contributed by atoms with Gasteiger partial charge in [0.25, 0.3) is 0 Å². The number of isocyanates is 1. The van der Waals surface area contributed by atoms with Crippen LogP contribution in [0.3, 0.4) is 0 Å². The highest BCUT2D eigenvalue weighted by Gasteiger charge is 2.14. The molecule has 3 heteroatoms. The Morgan fingerprint density at radius 3 is 2.79 bits per heavy atom. The second-order valence-corrected chi connectivity index (χ2v) is 3.63. The van der Waals surface area contributed by atoms with Crippen LogP contribution in [0.5, 0.6) is 0 Å². The summed E-state index contributed by atoms with van der Waals surface area (Å²) in [6, 6.07) is 0. The van der Waals surface area contributed by atoms with Gasteiger partial charge in [-0.1, -0.05) is 19.1 Å². The summed E-state index contributed by atoms with van der Waals surface area (Å²) in [5.41, 5.74) is 0. The summed E-state index contributed by atoms with van der Waals surface area (Å²) in [4.78, 5) is 15.8. The first-order valence-electron chi connectivity index (χ1n) is 5.29. The van der Waals surface area contributed by atoms with Crippen LogP contribution in [0.1, 0.15) is 19.8 Å². The Hall–Kier alpha value is -0.920. The van der Waals surface area contributed by atoms with E-state index >= 15 is 0 Å². The maximum Gasteiger partial charge on any atom is 0.235 e. The lowest BCUT2D eigenvalue weighted by molar-refractivity contribution is 0.212. The van der Waals surface area contributed by atoms with Crippen molar-refractivity contribution in [2.75, 3.05) is 26.2 Å². The fourth-order valence-corrected chi connectivity index (χ4v) is 1.80. The van der Waals surface area contributed by atoms with Crippen LogP contribution in [-0.4, -0.2) is 37.2 Å². The van der Waals surface area contributed by atoms with Crippen molar-refractivity contribution in [3.63, 3.8) is 0 Å². The van der Waals surface area contributed by atoms with Crippen molar-refractivity contribution >= 4 is 6.08 Å². The lowest BCUT2D eigenvalue weighted by Crippen LogP contribution is -2.32. The summed E-state index contributed by atoms with van der Waals surface area (Å²) < 4.78 is 0. The molecular weight excluding hydrogens is 176 g/mol. The molecule has 0 aromatic heterocycles. The van der Waals surface area contributed by atoms with Gasteiger partial charge in [0, 0.05) is 0 Å². The van der Waals surface area contributed by atoms with E-state index in [0.29, 0.717) is 12.5 Å². The normalized spacial score (nSPS) is 19.8. The van der Waals surface area contributed by atoms with Gasteiger partial charge in [-0.2, -0.15) is 0 Å². The number of rotatable bonds is 4. The van der Waals surface area contributed by atoms with Crippen molar-refractivity contribution < 1.29 is 4.79 Å². The van der Waals surface area contributed by atoms with E-state index in [4.69, 9.17) is 0 Å². The molecule has 0 amide bonds. The molecule has 0 aromatic carbocycles. The van der Waals surface area contributed by atoms with Gasteiger partial charge in [0.05, 0.1) is 6.54 Å². The molecule has 0 spiro atoms. The Morgan fingerprint density at radius 1 is 1.50 bits per heavy atom. The van der Waals surface area contributed by atoms with E-state index in [1.165, 1.54) is 32.0 Å². The summed E-state index contributed by atoms with van der Waals surface area (Å²) in [5, 5.41) is 0. The van der Waals surface area contributed by atoms with Crippen LogP contribution in [0, 0.1) is 5.92 Å². The molecular formula is C11H18N2O. The van der Waals surface area contributed by atoms with Gasteiger partial charge in [-0.25, -0.2) is 9.79 Å². The fraction of sp³-hybridized carbons (Fsp3) is 0.727. The summed E-state index contributed by atoms with van der Waals surface area (Å²) in [6.07, 6.45) is 8.16. The zero-order chi connectivity index (χ0) is 10.2. The molecule has 0 unspecified atom stereocenters. The van der Waals surface area contributed by atoms with Crippen LogP contribution >= 0.6 is 0 Å². The van der Waals surface area contributed by atoms with Crippen LogP contribution in [0.25, 0.3) is 0 Å². The van der Waals surface area contributed by atoms with Gasteiger partial charge < -0.3 is 4.90 Å². The smallest absolute Gasteiger partial charge is 0.235 e. The molecule has 0 atom stereocenters. The number of piperidine rings is 1. The second kappa shape index (κ2) is 6.52. The average molecular weight is 194 g/mol. The van der Waals surface area contributed by atoms with Crippen LogP contribution in [-0.2, 0) is 4.79 Å². The fourth-order valence-electron chi connectivity index (χ4n) is 1.80. The summed E-state index contributed by atoms with van der Waals surface area (Å²) in [7, 11) is 0. The minimum atomic E-state index is 0.484. The summed E-state index contributed by atoms with van der Waals surface area (Å²) in [5.74, 6) is 0.680. The first-order valence-corrected chi connectivity index (χ1v) is 5.29. The number of aliphatic imine (C=N–C) groups is 1. The lowest BCUT2D eigenvalue weighted by atomic mass is 9.96. The second-order valence-electron chi connectivity index (χ2n) is 3.63. The van der Waals surface area contributed by atoms with Crippen molar-refractivity contribution in [3.05, 3.63) is 12.2 Å². The molecule has 1 aliphatic heterocycles. The van der Waals surface area contributed by atoms with Gasteiger partial charge in [-0.15, -0.1) is 0 Å². The van der Waals surface area contributed by atoms with Gasteiger partial charge in [0.1, 0.15) is 0 Å². The van der Waals surface area contributed by atoms with Gasteiger partial charge >= 0.3 is 0 Å². The third kappa shape index (κ3) is 3.86. The van der Waals surface area contributed by atoms with Gasteiger partial charge in [0.15, 0.2) is 0 Å². The first-order chi connectivity index (χ1) is 6.86. The number of allylic oxidation sites excluding steroid dienone is 1. The summed E-state index contributed by atoms with van der Waals surface area (Å²) >= 11 is 0. The molecule has 78 valence electrons. The van der Waals surface area contributed by atoms with E-state index in [0.717, 1.165) is 6.54 Å². The zero-order valence-electron chi connectivity index (χ0n) is 8.78. The highest BCUT2D eigenvalue weighted by molar-refractivity contribution is 5.33. The average Bonchev–Trinajstić information content (AvgIpc) is 2.25. The molecule has 0 saturated carbocycles. The Balaban J connectivity index is 2.21. The molecule has 1 aliphatic rings. The van der Waals surface area contributed by atoms with E-state index < -0.39 is 0 Å². The lowest BCUT2D eigenvalue weighted by Gasteiger charge is -2.29. The van der Waals surface area contributed by atoms with E-state index in [9.17, 15) is 4.79 Å². The molecule has 0 bridgehead atoms. The predicted octanol–water partition coefficient (Wildman–Crippen LogP) is 1.61. The third-order valence-corrected chi connectivity index (χ3v) is 2.75. The number of hydrogen-bond acceptors (Lipinski definition) is 3. The van der Waals surface area contributed by atoms with Crippen molar-refractivity contribution in [1.29, 1.82) is 0 Å². The maximum atomic E-state index is 9.81. The van der Waals surface area contributed by atoms with E-state index in [-0.39, 0.29) is 0 Å². The minimum absolute atomic E-state index is 0.484. The SMILES string of the molecule is CCN1CCC(/C=C\CN=C=O)CC1. The molecule has 14 heavy (non-hydrogen) atoms. The zero-order valence-corrected chi connectivity index (χ0v) is 8.78. The van der Waals surface area contributed by atoms with Crippen molar-refractivity contribution in [2.45, 2.75) is 19.8 Å². The van der Waals surface area contributed by atoms with Crippen molar-refractivity contribution in [3.8, 4) is 0 Å². The van der Waals surface area contributed by atoms with Crippen molar-refractivity contribution in [1.82, 2.24) is 4.90 Å². The van der Waals surface area contributed by atoms with Gasteiger partial charge in [0.2, 0.25) is 6.08 Å². The molecule has 3 nitrogen and oxygen atoms in total. The molecule has 1 heterocycles. The van der Waals surface area contributed by atoms with Gasteiger partial charge in [-0.05, 0) is 38.4 Å².